The Morgan fingerprint density at radius 1 is 1.28 bits per heavy atom. The number of methoxy groups -OCH3 is 2. The van der Waals surface area contributed by atoms with Crippen molar-refractivity contribution in [3.8, 4) is 0 Å². The van der Waals surface area contributed by atoms with Gasteiger partial charge in [0.1, 0.15) is 24.1 Å². The topological polar surface area (TPSA) is 94.8 Å². The second-order valence-electron chi connectivity index (χ2n) is 5.71. The molecule has 1 aromatic heterocycles. The molecular formula is C17H21N3O5. The number of aliphatic hydroxyl groups excluding tert-OH is 1. The first kappa shape index (κ1) is 17.6. The minimum Gasteiger partial charge on any atom is -0.386 e. The molecule has 2 aromatic rings. The Bertz CT molecular complexity index is 751. The van der Waals surface area contributed by atoms with Crippen molar-refractivity contribution in [3.05, 3.63) is 53.1 Å². The zero-order valence-corrected chi connectivity index (χ0v) is 14.0. The Morgan fingerprint density at radius 3 is 2.68 bits per heavy atom. The quantitative estimate of drug-likeness (QED) is 0.802. The Balaban J connectivity index is 1.80. The van der Waals surface area contributed by atoms with E-state index in [1.807, 2.05) is 30.3 Å². The molecule has 1 saturated heterocycles. The highest BCUT2D eigenvalue weighted by Crippen LogP contribution is 2.30. The van der Waals surface area contributed by atoms with Gasteiger partial charge in [0.05, 0.1) is 6.61 Å². The SMILES string of the molecule is COC[C@H]1O[C@@H](n2ccc(Nc3ccccc3)nc2=O)[C@@H](O)C1OC. The van der Waals surface area contributed by atoms with Crippen molar-refractivity contribution >= 4 is 11.5 Å². The summed E-state index contributed by atoms with van der Waals surface area (Å²) in [4.78, 5) is 16.4. The summed E-state index contributed by atoms with van der Waals surface area (Å²) in [6, 6.07) is 11.1. The van der Waals surface area contributed by atoms with Gasteiger partial charge < -0.3 is 24.6 Å². The third-order valence-corrected chi connectivity index (χ3v) is 4.06. The Labute approximate surface area is 145 Å². The summed E-state index contributed by atoms with van der Waals surface area (Å²) in [5, 5.41) is 13.5. The molecule has 2 heterocycles. The highest BCUT2D eigenvalue weighted by molar-refractivity contribution is 5.54. The van der Waals surface area contributed by atoms with Gasteiger partial charge in [0, 0.05) is 26.1 Å². The third kappa shape index (κ3) is 3.72. The first-order valence-electron chi connectivity index (χ1n) is 7.90. The van der Waals surface area contributed by atoms with Crippen molar-refractivity contribution in [2.75, 3.05) is 26.1 Å². The lowest BCUT2D eigenvalue weighted by atomic mass is 10.1. The largest absolute Gasteiger partial charge is 0.386 e. The van der Waals surface area contributed by atoms with Crippen LogP contribution in [0.2, 0.25) is 0 Å². The molecule has 3 rings (SSSR count). The normalized spacial score (nSPS) is 25.9. The summed E-state index contributed by atoms with van der Waals surface area (Å²) in [7, 11) is 3.02. The highest BCUT2D eigenvalue weighted by Gasteiger charge is 2.45. The van der Waals surface area contributed by atoms with Crippen molar-refractivity contribution in [3.63, 3.8) is 0 Å². The number of nitrogens with one attached hydrogen (secondary N) is 1. The summed E-state index contributed by atoms with van der Waals surface area (Å²) in [6.45, 7) is 0.252. The van der Waals surface area contributed by atoms with Crippen LogP contribution in [-0.4, -0.2) is 53.8 Å². The van der Waals surface area contributed by atoms with Crippen LogP contribution in [0.15, 0.2) is 47.4 Å². The van der Waals surface area contributed by atoms with Gasteiger partial charge in [-0.25, -0.2) is 4.79 Å². The number of hydrogen-bond acceptors (Lipinski definition) is 7. The fraction of sp³-hybridized carbons (Fsp3) is 0.412. The molecule has 8 nitrogen and oxygen atoms in total. The lowest BCUT2D eigenvalue weighted by Crippen LogP contribution is -2.37. The molecule has 2 N–H and O–H groups in total. The minimum absolute atomic E-state index is 0.252. The molecule has 0 spiro atoms. The highest BCUT2D eigenvalue weighted by atomic mass is 16.6. The van der Waals surface area contributed by atoms with E-state index >= 15 is 0 Å². The monoisotopic (exact) mass is 347 g/mol. The number of anilines is 2. The van der Waals surface area contributed by atoms with Gasteiger partial charge in [-0.05, 0) is 18.2 Å². The van der Waals surface area contributed by atoms with E-state index in [0.29, 0.717) is 5.82 Å². The fourth-order valence-corrected chi connectivity index (χ4v) is 2.88. The molecule has 0 amide bonds. The van der Waals surface area contributed by atoms with Gasteiger partial charge in [0.15, 0.2) is 6.23 Å². The predicted octanol–water partition coefficient (Wildman–Crippen LogP) is 0.907. The van der Waals surface area contributed by atoms with Gasteiger partial charge in [0.2, 0.25) is 0 Å². The van der Waals surface area contributed by atoms with Crippen LogP contribution in [0.5, 0.6) is 0 Å². The summed E-state index contributed by atoms with van der Waals surface area (Å²) in [5.74, 6) is 0.414. The van der Waals surface area contributed by atoms with E-state index in [4.69, 9.17) is 14.2 Å². The first-order chi connectivity index (χ1) is 12.1. The van der Waals surface area contributed by atoms with Crippen molar-refractivity contribution in [2.45, 2.75) is 24.5 Å². The van der Waals surface area contributed by atoms with Crippen molar-refractivity contribution < 1.29 is 19.3 Å². The summed E-state index contributed by atoms with van der Waals surface area (Å²) < 4.78 is 17.4. The van der Waals surface area contributed by atoms with E-state index < -0.39 is 30.2 Å². The molecule has 1 unspecified atom stereocenters. The predicted molar refractivity (Wildman–Crippen MR) is 90.8 cm³/mol. The lowest BCUT2D eigenvalue weighted by molar-refractivity contribution is -0.0640. The number of hydrogen-bond donors (Lipinski definition) is 2. The minimum atomic E-state index is -1.00. The van der Waals surface area contributed by atoms with E-state index in [1.54, 1.807) is 6.07 Å². The van der Waals surface area contributed by atoms with Crippen molar-refractivity contribution in [2.24, 2.45) is 0 Å². The Morgan fingerprint density at radius 2 is 2.04 bits per heavy atom. The van der Waals surface area contributed by atoms with Crippen LogP contribution in [0.1, 0.15) is 6.23 Å². The molecule has 25 heavy (non-hydrogen) atoms. The molecule has 0 radical (unpaired) electrons. The van der Waals surface area contributed by atoms with Gasteiger partial charge in [-0.3, -0.25) is 4.57 Å². The zero-order chi connectivity index (χ0) is 17.8. The Hall–Kier alpha value is -2.26. The number of rotatable bonds is 6. The molecule has 134 valence electrons. The van der Waals surface area contributed by atoms with E-state index in [-0.39, 0.29) is 6.61 Å². The molecule has 0 aliphatic carbocycles. The van der Waals surface area contributed by atoms with E-state index in [9.17, 15) is 9.90 Å². The van der Waals surface area contributed by atoms with E-state index in [0.717, 1.165) is 5.69 Å². The molecule has 0 saturated carbocycles. The molecule has 1 aromatic carbocycles. The number of aromatic nitrogens is 2. The van der Waals surface area contributed by atoms with Crippen LogP contribution in [0.3, 0.4) is 0 Å². The molecule has 1 aliphatic rings. The molecule has 4 atom stereocenters. The lowest BCUT2D eigenvalue weighted by Gasteiger charge is -2.18. The van der Waals surface area contributed by atoms with Gasteiger partial charge in [-0.2, -0.15) is 4.98 Å². The van der Waals surface area contributed by atoms with Gasteiger partial charge >= 0.3 is 5.69 Å². The van der Waals surface area contributed by atoms with Gasteiger partial charge in [-0.1, -0.05) is 18.2 Å². The average molecular weight is 347 g/mol. The van der Waals surface area contributed by atoms with Crippen LogP contribution in [0.4, 0.5) is 11.5 Å². The maximum absolute atomic E-state index is 12.4. The van der Waals surface area contributed by atoms with Gasteiger partial charge in [0.25, 0.3) is 0 Å². The summed E-state index contributed by atoms with van der Waals surface area (Å²) in [6.07, 6.45) is -1.40. The molecule has 1 aliphatic heterocycles. The van der Waals surface area contributed by atoms with Crippen LogP contribution < -0.4 is 11.0 Å². The second kappa shape index (κ2) is 7.75. The third-order valence-electron chi connectivity index (χ3n) is 4.06. The van der Waals surface area contributed by atoms with E-state index in [1.165, 1.54) is 25.0 Å². The van der Waals surface area contributed by atoms with E-state index in [2.05, 4.69) is 10.3 Å². The van der Waals surface area contributed by atoms with Gasteiger partial charge in [-0.15, -0.1) is 0 Å². The smallest absolute Gasteiger partial charge is 0.351 e. The molecule has 1 fully saturated rings. The maximum atomic E-state index is 12.4. The van der Waals surface area contributed by atoms with Crippen LogP contribution in [-0.2, 0) is 14.2 Å². The van der Waals surface area contributed by atoms with Crippen LogP contribution in [0, 0.1) is 0 Å². The Kier molecular flexibility index (Phi) is 5.44. The van der Waals surface area contributed by atoms with Crippen LogP contribution in [0.25, 0.3) is 0 Å². The molecular weight excluding hydrogens is 326 g/mol. The first-order valence-corrected chi connectivity index (χ1v) is 7.90. The number of aliphatic hydroxyl groups is 1. The van der Waals surface area contributed by atoms with Crippen molar-refractivity contribution in [1.29, 1.82) is 0 Å². The fourth-order valence-electron chi connectivity index (χ4n) is 2.88. The summed E-state index contributed by atoms with van der Waals surface area (Å²) >= 11 is 0. The number of benzene rings is 1. The maximum Gasteiger partial charge on any atom is 0.351 e. The molecule has 0 bridgehead atoms. The summed E-state index contributed by atoms with van der Waals surface area (Å²) in [5.41, 5.74) is 0.293. The number of ether oxygens (including phenoxy) is 3. The van der Waals surface area contributed by atoms with Crippen LogP contribution >= 0.6 is 0 Å². The number of para-hydroxylation sites is 1. The van der Waals surface area contributed by atoms with Crippen molar-refractivity contribution in [1.82, 2.24) is 9.55 Å². The standard InChI is InChI=1S/C17H21N3O5/c1-23-10-12-15(24-2)14(21)16(25-12)20-9-8-13(19-17(20)22)18-11-6-4-3-5-7-11/h3-9,12,14-16,21H,10H2,1-2H3,(H,18,19,22)/t12-,14+,15?,16-/m1/s1. The molecule has 8 heteroatoms. The second-order valence-corrected chi connectivity index (χ2v) is 5.71. The average Bonchev–Trinajstić information content (AvgIpc) is 2.92. The zero-order valence-electron chi connectivity index (χ0n) is 14.0. The number of nitrogens with zero attached hydrogens (tertiary/aromatic N) is 2.